The Hall–Kier alpha value is -0.560. The summed E-state index contributed by atoms with van der Waals surface area (Å²) in [6.07, 6.45) is 14.0. The molecule has 0 amide bonds. The first kappa shape index (κ1) is 19.4. The van der Waals surface area contributed by atoms with Crippen LogP contribution in [-0.4, -0.2) is 11.2 Å². The molecule has 0 aromatic carbocycles. The largest absolute Gasteiger partial charge is 0.393 e. The highest BCUT2D eigenvalue weighted by molar-refractivity contribution is 4.97. The van der Waals surface area contributed by atoms with E-state index in [-0.39, 0.29) is 6.10 Å². The smallest absolute Gasteiger partial charge is 0.0566 e. The molecule has 0 aliphatic heterocycles. The predicted octanol–water partition coefficient (Wildman–Crippen LogP) is 5.75. The van der Waals surface area contributed by atoms with Gasteiger partial charge in [0, 0.05) is 0 Å². The molecular formula is C19H36O. The van der Waals surface area contributed by atoms with Gasteiger partial charge in [-0.2, -0.15) is 0 Å². The maximum atomic E-state index is 10.2. The van der Waals surface area contributed by atoms with Crippen molar-refractivity contribution in [2.45, 2.75) is 78.7 Å². The third-order valence-corrected chi connectivity index (χ3v) is 4.15. The molecule has 0 aromatic heterocycles. The van der Waals surface area contributed by atoms with Crippen LogP contribution >= 0.6 is 0 Å². The number of hydrogen-bond acceptors (Lipinski definition) is 1. The molecule has 118 valence electrons. The molecule has 1 heteroatoms. The van der Waals surface area contributed by atoms with E-state index in [1.165, 1.54) is 19.3 Å². The van der Waals surface area contributed by atoms with Crippen molar-refractivity contribution in [1.82, 2.24) is 0 Å². The minimum absolute atomic E-state index is 0.139. The lowest BCUT2D eigenvalue weighted by atomic mass is 9.90. The molecule has 0 aliphatic rings. The third-order valence-electron chi connectivity index (χ3n) is 4.15. The normalized spacial score (nSPS) is 16.5. The van der Waals surface area contributed by atoms with Gasteiger partial charge >= 0.3 is 0 Å². The van der Waals surface area contributed by atoms with E-state index < -0.39 is 0 Å². The molecule has 20 heavy (non-hydrogen) atoms. The van der Waals surface area contributed by atoms with Crippen LogP contribution in [0.1, 0.15) is 72.6 Å². The predicted molar refractivity (Wildman–Crippen MR) is 90.8 cm³/mol. The molecule has 0 aliphatic carbocycles. The second kappa shape index (κ2) is 12.2. The van der Waals surface area contributed by atoms with Gasteiger partial charge in [0.05, 0.1) is 6.10 Å². The highest BCUT2D eigenvalue weighted by Gasteiger charge is 2.14. The molecule has 1 N–H and O–H groups in total. The monoisotopic (exact) mass is 280 g/mol. The third kappa shape index (κ3) is 11.3. The van der Waals surface area contributed by atoms with E-state index in [2.05, 4.69) is 40.3 Å². The summed E-state index contributed by atoms with van der Waals surface area (Å²) in [7, 11) is 0. The van der Waals surface area contributed by atoms with Crippen LogP contribution < -0.4 is 0 Å². The second-order valence-electron chi connectivity index (χ2n) is 6.79. The van der Waals surface area contributed by atoms with Crippen LogP contribution in [0.15, 0.2) is 24.8 Å². The Morgan fingerprint density at radius 2 is 1.65 bits per heavy atom. The Morgan fingerprint density at radius 3 is 2.25 bits per heavy atom. The van der Waals surface area contributed by atoms with Gasteiger partial charge in [0.2, 0.25) is 0 Å². The van der Waals surface area contributed by atoms with Gasteiger partial charge in [-0.25, -0.2) is 0 Å². The highest BCUT2D eigenvalue weighted by Crippen LogP contribution is 2.21. The number of aliphatic hydroxyl groups is 1. The lowest BCUT2D eigenvalue weighted by Gasteiger charge is -2.20. The summed E-state index contributed by atoms with van der Waals surface area (Å²) in [5, 5.41) is 10.2. The Kier molecular flexibility index (Phi) is 11.9. The topological polar surface area (TPSA) is 20.2 Å². The molecule has 0 bridgehead atoms. The SMILES string of the molecule is C=CC=CCCC(C)C(O)CCC(C)CCCC(C)C. The first-order valence-corrected chi connectivity index (χ1v) is 8.43. The summed E-state index contributed by atoms with van der Waals surface area (Å²) in [5.41, 5.74) is 0. The lowest BCUT2D eigenvalue weighted by Crippen LogP contribution is -2.18. The molecule has 0 fully saturated rings. The van der Waals surface area contributed by atoms with Crippen LogP contribution in [-0.2, 0) is 0 Å². The maximum absolute atomic E-state index is 10.2. The standard InChI is InChI=1S/C19H36O/c1-6-7-8-9-13-18(5)19(20)15-14-17(4)12-10-11-16(2)3/h6-8,16-20H,1,9-15H2,2-5H3. The summed E-state index contributed by atoms with van der Waals surface area (Å²) in [5.74, 6) is 1.96. The molecule has 3 atom stereocenters. The first-order valence-electron chi connectivity index (χ1n) is 8.43. The van der Waals surface area contributed by atoms with Crippen molar-refractivity contribution in [2.75, 3.05) is 0 Å². The van der Waals surface area contributed by atoms with Crippen LogP contribution in [0.25, 0.3) is 0 Å². The molecule has 1 nitrogen and oxygen atoms in total. The Labute approximate surface area is 127 Å². The summed E-state index contributed by atoms with van der Waals surface area (Å²) < 4.78 is 0. The van der Waals surface area contributed by atoms with Crippen molar-refractivity contribution < 1.29 is 5.11 Å². The van der Waals surface area contributed by atoms with Gasteiger partial charge in [-0.15, -0.1) is 0 Å². The molecule has 0 saturated heterocycles. The van der Waals surface area contributed by atoms with E-state index in [1.54, 1.807) is 6.08 Å². The van der Waals surface area contributed by atoms with E-state index in [4.69, 9.17) is 0 Å². The van der Waals surface area contributed by atoms with Crippen LogP contribution in [0.5, 0.6) is 0 Å². The molecule has 3 unspecified atom stereocenters. The summed E-state index contributed by atoms with van der Waals surface area (Å²) in [6.45, 7) is 12.7. The average molecular weight is 280 g/mol. The van der Waals surface area contributed by atoms with Gasteiger partial charge in [0.25, 0.3) is 0 Å². The van der Waals surface area contributed by atoms with Crippen molar-refractivity contribution in [3.05, 3.63) is 24.8 Å². The van der Waals surface area contributed by atoms with Gasteiger partial charge in [0.1, 0.15) is 0 Å². The van der Waals surface area contributed by atoms with Gasteiger partial charge < -0.3 is 5.11 Å². The fraction of sp³-hybridized carbons (Fsp3) is 0.789. The maximum Gasteiger partial charge on any atom is 0.0566 e. The summed E-state index contributed by atoms with van der Waals surface area (Å²) >= 11 is 0. The zero-order valence-electron chi connectivity index (χ0n) is 14.1. The molecule has 0 aromatic rings. The van der Waals surface area contributed by atoms with Crippen molar-refractivity contribution in [1.29, 1.82) is 0 Å². The van der Waals surface area contributed by atoms with Crippen LogP contribution in [0.2, 0.25) is 0 Å². The molecule has 0 saturated carbocycles. The van der Waals surface area contributed by atoms with E-state index in [9.17, 15) is 5.11 Å². The fourth-order valence-electron chi connectivity index (χ4n) is 2.50. The van der Waals surface area contributed by atoms with E-state index in [0.717, 1.165) is 37.5 Å². The molecular weight excluding hydrogens is 244 g/mol. The summed E-state index contributed by atoms with van der Waals surface area (Å²) in [6, 6.07) is 0. The number of allylic oxidation sites excluding steroid dienone is 3. The lowest BCUT2D eigenvalue weighted by molar-refractivity contribution is 0.0962. The Bertz CT molecular complexity index is 254. The van der Waals surface area contributed by atoms with E-state index >= 15 is 0 Å². The van der Waals surface area contributed by atoms with Crippen LogP contribution in [0.4, 0.5) is 0 Å². The Balaban J connectivity index is 3.70. The van der Waals surface area contributed by atoms with Crippen molar-refractivity contribution in [3.8, 4) is 0 Å². The van der Waals surface area contributed by atoms with E-state index in [0.29, 0.717) is 5.92 Å². The van der Waals surface area contributed by atoms with Gasteiger partial charge in [-0.3, -0.25) is 0 Å². The summed E-state index contributed by atoms with van der Waals surface area (Å²) in [4.78, 5) is 0. The average Bonchev–Trinajstić information content (AvgIpc) is 2.40. The first-order chi connectivity index (χ1) is 9.47. The van der Waals surface area contributed by atoms with Crippen molar-refractivity contribution in [3.63, 3.8) is 0 Å². The van der Waals surface area contributed by atoms with Crippen LogP contribution in [0.3, 0.4) is 0 Å². The molecule has 0 rings (SSSR count). The molecule has 0 spiro atoms. The van der Waals surface area contributed by atoms with Gasteiger partial charge in [-0.05, 0) is 43.4 Å². The zero-order valence-corrected chi connectivity index (χ0v) is 14.1. The molecule has 0 heterocycles. The zero-order chi connectivity index (χ0) is 15.4. The number of rotatable bonds is 12. The quantitative estimate of drug-likeness (QED) is 0.451. The molecule has 0 radical (unpaired) electrons. The number of hydrogen-bond donors (Lipinski definition) is 1. The van der Waals surface area contributed by atoms with Crippen molar-refractivity contribution >= 4 is 0 Å². The van der Waals surface area contributed by atoms with Gasteiger partial charge in [-0.1, -0.05) is 71.8 Å². The van der Waals surface area contributed by atoms with Gasteiger partial charge in [0.15, 0.2) is 0 Å². The fourth-order valence-corrected chi connectivity index (χ4v) is 2.50. The minimum atomic E-state index is -0.139. The highest BCUT2D eigenvalue weighted by atomic mass is 16.3. The number of aliphatic hydroxyl groups excluding tert-OH is 1. The minimum Gasteiger partial charge on any atom is -0.393 e. The Morgan fingerprint density at radius 1 is 0.950 bits per heavy atom. The van der Waals surface area contributed by atoms with Crippen molar-refractivity contribution in [2.24, 2.45) is 17.8 Å². The second-order valence-corrected chi connectivity index (χ2v) is 6.79. The van der Waals surface area contributed by atoms with E-state index in [1.807, 2.05) is 6.08 Å². The van der Waals surface area contributed by atoms with Crippen LogP contribution in [0, 0.1) is 17.8 Å².